The molecule has 118 valence electrons. The molecule has 0 spiro atoms. The van der Waals surface area contributed by atoms with Gasteiger partial charge in [-0.2, -0.15) is 0 Å². The van der Waals surface area contributed by atoms with Crippen LogP contribution in [0.2, 0.25) is 0 Å². The summed E-state index contributed by atoms with van der Waals surface area (Å²) in [4.78, 5) is 0. The zero-order valence-electron chi connectivity index (χ0n) is 13.3. The first kappa shape index (κ1) is 16.1. The van der Waals surface area contributed by atoms with Gasteiger partial charge in [-0.15, -0.1) is 0 Å². The van der Waals surface area contributed by atoms with E-state index in [-0.39, 0.29) is 18.8 Å². The van der Waals surface area contributed by atoms with Gasteiger partial charge in [0.2, 0.25) is 0 Å². The van der Waals surface area contributed by atoms with E-state index in [1.54, 1.807) is 0 Å². The number of rotatable bonds is 8. The van der Waals surface area contributed by atoms with Gasteiger partial charge in [0.1, 0.15) is 17.6 Å². The number of aliphatic hydroxyl groups is 1. The van der Waals surface area contributed by atoms with Gasteiger partial charge in [-0.05, 0) is 45.4 Å². The molecule has 1 aliphatic rings. The van der Waals surface area contributed by atoms with Gasteiger partial charge < -0.3 is 19.9 Å². The van der Waals surface area contributed by atoms with Crippen LogP contribution in [0.3, 0.4) is 0 Å². The monoisotopic (exact) mass is 293 g/mol. The van der Waals surface area contributed by atoms with Crippen molar-refractivity contribution in [1.82, 2.24) is 5.32 Å². The molecule has 0 aromatic heterocycles. The molecule has 21 heavy (non-hydrogen) atoms. The Balaban J connectivity index is 2.32. The number of fused-ring (bicyclic) bond motifs is 1. The average molecular weight is 293 g/mol. The highest BCUT2D eigenvalue weighted by Gasteiger charge is 2.24. The highest BCUT2D eigenvalue weighted by atomic mass is 16.5. The van der Waals surface area contributed by atoms with Crippen LogP contribution in [0.15, 0.2) is 12.1 Å². The van der Waals surface area contributed by atoms with E-state index in [4.69, 9.17) is 9.47 Å². The van der Waals surface area contributed by atoms with E-state index in [0.717, 1.165) is 36.4 Å². The topological polar surface area (TPSA) is 50.7 Å². The quantitative estimate of drug-likeness (QED) is 0.774. The van der Waals surface area contributed by atoms with Gasteiger partial charge in [0.25, 0.3) is 0 Å². The van der Waals surface area contributed by atoms with Crippen LogP contribution in [-0.4, -0.2) is 31.0 Å². The summed E-state index contributed by atoms with van der Waals surface area (Å²) < 4.78 is 11.7. The third-order valence-corrected chi connectivity index (χ3v) is 3.76. The highest BCUT2D eigenvalue weighted by molar-refractivity contribution is 5.50. The molecular formula is C17H27NO3. The second kappa shape index (κ2) is 7.66. The van der Waals surface area contributed by atoms with E-state index >= 15 is 0 Å². The highest BCUT2D eigenvalue weighted by Crippen LogP contribution is 2.38. The second-order valence-electron chi connectivity index (χ2n) is 5.58. The molecule has 0 bridgehead atoms. The molecule has 0 radical (unpaired) electrons. The van der Waals surface area contributed by atoms with Crippen molar-refractivity contribution in [2.24, 2.45) is 0 Å². The fourth-order valence-corrected chi connectivity index (χ4v) is 2.82. The molecule has 0 fully saturated rings. The van der Waals surface area contributed by atoms with E-state index in [0.29, 0.717) is 13.0 Å². The second-order valence-corrected chi connectivity index (χ2v) is 5.58. The molecular weight excluding hydrogens is 266 g/mol. The Morgan fingerprint density at radius 1 is 1.43 bits per heavy atom. The summed E-state index contributed by atoms with van der Waals surface area (Å²) in [5.41, 5.74) is 2.31. The first-order chi connectivity index (χ1) is 10.2. The Morgan fingerprint density at radius 3 is 2.90 bits per heavy atom. The molecule has 2 atom stereocenters. The van der Waals surface area contributed by atoms with E-state index in [1.165, 1.54) is 5.56 Å². The predicted molar refractivity (Wildman–Crippen MR) is 84.1 cm³/mol. The maximum atomic E-state index is 9.34. The van der Waals surface area contributed by atoms with Crippen molar-refractivity contribution in [2.45, 2.75) is 52.2 Å². The van der Waals surface area contributed by atoms with Crippen LogP contribution < -0.4 is 14.8 Å². The molecule has 0 saturated heterocycles. The van der Waals surface area contributed by atoms with Crippen LogP contribution in [0.4, 0.5) is 0 Å². The predicted octanol–water partition coefficient (Wildman–Crippen LogP) is 2.83. The van der Waals surface area contributed by atoms with Crippen molar-refractivity contribution < 1.29 is 14.6 Å². The number of benzene rings is 1. The lowest BCUT2D eigenvalue weighted by Gasteiger charge is -2.22. The minimum Gasteiger partial charge on any atom is -0.494 e. The number of hydrogen-bond donors (Lipinski definition) is 2. The molecule has 0 saturated carbocycles. The van der Waals surface area contributed by atoms with Crippen molar-refractivity contribution in [3.63, 3.8) is 0 Å². The van der Waals surface area contributed by atoms with Crippen molar-refractivity contribution in [3.05, 3.63) is 23.3 Å². The smallest absolute Gasteiger partial charge is 0.124 e. The molecule has 1 aromatic rings. The zero-order valence-corrected chi connectivity index (χ0v) is 13.3. The van der Waals surface area contributed by atoms with Gasteiger partial charge in [-0.25, -0.2) is 0 Å². The summed E-state index contributed by atoms with van der Waals surface area (Å²) in [7, 11) is 0. The normalized spacial score (nSPS) is 18.2. The van der Waals surface area contributed by atoms with E-state index in [1.807, 2.05) is 6.92 Å². The average Bonchev–Trinajstić information content (AvgIpc) is 2.82. The van der Waals surface area contributed by atoms with Crippen LogP contribution in [0.25, 0.3) is 0 Å². The lowest BCUT2D eigenvalue weighted by molar-refractivity contribution is 0.251. The third kappa shape index (κ3) is 3.89. The molecule has 2 rings (SSSR count). The van der Waals surface area contributed by atoms with Gasteiger partial charge >= 0.3 is 0 Å². The molecule has 1 aromatic carbocycles. The van der Waals surface area contributed by atoms with Crippen LogP contribution in [0.1, 0.15) is 50.8 Å². The molecule has 4 heteroatoms. The number of nitrogens with one attached hydrogen (secondary N) is 1. The zero-order chi connectivity index (χ0) is 15.2. The summed E-state index contributed by atoms with van der Waals surface area (Å²) >= 11 is 0. The molecule has 0 aliphatic carbocycles. The molecule has 1 heterocycles. The number of hydrogen-bond acceptors (Lipinski definition) is 4. The van der Waals surface area contributed by atoms with Crippen molar-refractivity contribution in [3.8, 4) is 11.5 Å². The van der Waals surface area contributed by atoms with Gasteiger partial charge in [-0.1, -0.05) is 6.92 Å². The minimum atomic E-state index is 0.0984. The minimum absolute atomic E-state index is 0.0984. The number of ether oxygens (including phenoxy) is 2. The van der Waals surface area contributed by atoms with Gasteiger partial charge in [0.05, 0.1) is 6.61 Å². The largest absolute Gasteiger partial charge is 0.494 e. The Morgan fingerprint density at radius 2 is 2.24 bits per heavy atom. The van der Waals surface area contributed by atoms with Crippen molar-refractivity contribution in [2.75, 3.05) is 19.8 Å². The van der Waals surface area contributed by atoms with Crippen LogP contribution in [0, 0.1) is 0 Å². The standard InChI is InChI=1S/C17H27NO3/c1-4-7-18-15(6-8-19)14-11-16-13(9-12(3)21-16)10-17(14)20-5-2/h10-12,15,18-19H,4-9H2,1-3H3. The Bertz CT molecular complexity index is 462. The van der Waals surface area contributed by atoms with Gasteiger partial charge in [0.15, 0.2) is 0 Å². The fourth-order valence-electron chi connectivity index (χ4n) is 2.82. The molecule has 2 unspecified atom stereocenters. The van der Waals surface area contributed by atoms with Gasteiger partial charge in [0, 0.05) is 30.2 Å². The summed E-state index contributed by atoms with van der Waals surface area (Å²) in [6.45, 7) is 7.94. The fraction of sp³-hybridized carbons (Fsp3) is 0.647. The molecule has 2 N–H and O–H groups in total. The van der Waals surface area contributed by atoms with E-state index in [2.05, 4.69) is 31.3 Å². The number of aliphatic hydroxyl groups excluding tert-OH is 1. The lowest BCUT2D eigenvalue weighted by atomic mass is 9.99. The van der Waals surface area contributed by atoms with E-state index < -0.39 is 0 Å². The Labute approximate surface area is 127 Å². The first-order valence-electron chi connectivity index (χ1n) is 8.00. The maximum absolute atomic E-state index is 9.34. The first-order valence-corrected chi connectivity index (χ1v) is 8.00. The van der Waals surface area contributed by atoms with Crippen LogP contribution in [0.5, 0.6) is 11.5 Å². The summed E-state index contributed by atoms with van der Waals surface area (Å²) in [5.74, 6) is 1.87. The molecule has 4 nitrogen and oxygen atoms in total. The molecule has 0 amide bonds. The summed E-state index contributed by atoms with van der Waals surface area (Å²) in [5, 5.41) is 12.8. The van der Waals surface area contributed by atoms with E-state index in [9.17, 15) is 5.11 Å². The molecule has 1 aliphatic heterocycles. The van der Waals surface area contributed by atoms with Crippen LogP contribution in [-0.2, 0) is 6.42 Å². The third-order valence-electron chi connectivity index (χ3n) is 3.76. The SMILES string of the molecule is CCCNC(CCO)c1cc2c(cc1OCC)CC(C)O2. The van der Waals surface area contributed by atoms with Gasteiger partial charge in [-0.3, -0.25) is 0 Å². The lowest BCUT2D eigenvalue weighted by Crippen LogP contribution is -2.24. The summed E-state index contributed by atoms with van der Waals surface area (Å²) in [6.07, 6.45) is 2.89. The Kier molecular flexibility index (Phi) is 5.88. The van der Waals surface area contributed by atoms with Crippen molar-refractivity contribution >= 4 is 0 Å². The van der Waals surface area contributed by atoms with Crippen molar-refractivity contribution in [1.29, 1.82) is 0 Å². The maximum Gasteiger partial charge on any atom is 0.124 e. The summed E-state index contributed by atoms with van der Waals surface area (Å²) in [6, 6.07) is 4.30. The Hall–Kier alpha value is -1.26. The van der Waals surface area contributed by atoms with Crippen LogP contribution >= 0.6 is 0 Å².